The van der Waals surface area contributed by atoms with Crippen molar-refractivity contribution in [1.82, 2.24) is 4.90 Å². The minimum absolute atomic E-state index is 0.283. The lowest BCUT2D eigenvalue weighted by Gasteiger charge is -2.35. The SMILES string of the molecule is CN(CN1C(=O)C(=O)c2ccccc21)[C@@H]1CCCc2ccccc21. The first-order valence-electron chi connectivity index (χ1n) is 8.40. The van der Waals surface area contributed by atoms with Crippen molar-refractivity contribution in [1.29, 1.82) is 0 Å². The average molecular weight is 320 g/mol. The molecule has 0 bridgehead atoms. The van der Waals surface area contributed by atoms with E-state index in [1.165, 1.54) is 11.1 Å². The smallest absolute Gasteiger partial charge is 0.291 e. The van der Waals surface area contributed by atoms with E-state index in [-0.39, 0.29) is 6.04 Å². The first-order chi connectivity index (χ1) is 11.7. The van der Waals surface area contributed by atoms with Gasteiger partial charge < -0.3 is 0 Å². The molecular formula is C20H20N2O2. The molecular weight excluding hydrogens is 300 g/mol. The second-order valence-corrected chi connectivity index (χ2v) is 6.58. The van der Waals surface area contributed by atoms with Crippen molar-refractivity contribution in [3.63, 3.8) is 0 Å². The van der Waals surface area contributed by atoms with Crippen LogP contribution in [0.15, 0.2) is 48.5 Å². The van der Waals surface area contributed by atoms with Crippen LogP contribution in [0.3, 0.4) is 0 Å². The van der Waals surface area contributed by atoms with Crippen molar-refractivity contribution in [2.75, 3.05) is 18.6 Å². The van der Waals surface area contributed by atoms with Crippen LogP contribution in [0.1, 0.15) is 40.4 Å². The summed E-state index contributed by atoms with van der Waals surface area (Å²) in [6, 6.07) is 16.1. The topological polar surface area (TPSA) is 40.6 Å². The van der Waals surface area contributed by atoms with Gasteiger partial charge in [0.1, 0.15) is 0 Å². The van der Waals surface area contributed by atoms with Gasteiger partial charge in [0, 0.05) is 6.04 Å². The molecule has 1 aliphatic carbocycles. The number of hydrogen-bond donors (Lipinski definition) is 0. The highest BCUT2D eigenvalue weighted by Gasteiger charge is 2.37. The molecule has 4 heteroatoms. The molecule has 0 aromatic heterocycles. The number of amides is 1. The molecule has 0 radical (unpaired) electrons. The standard InChI is InChI=1S/C20H20N2O2/c1-21(17-12-6-8-14-7-2-3-9-15(14)17)13-22-18-11-5-4-10-16(18)19(23)20(22)24/h2-5,7,9-11,17H,6,8,12-13H2,1H3/t17-/m1/s1. The number of rotatable bonds is 3. The van der Waals surface area contributed by atoms with Crippen LogP contribution >= 0.6 is 0 Å². The summed E-state index contributed by atoms with van der Waals surface area (Å²) in [4.78, 5) is 28.3. The maximum atomic E-state index is 12.4. The number of para-hydroxylation sites is 1. The Morgan fingerprint density at radius 2 is 1.83 bits per heavy atom. The Morgan fingerprint density at radius 1 is 1.08 bits per heavy atom. The van der Waals surface area contributed by atoms with Gasteiger partial charge in [-0.15, -0.1) is 0 Å². The van der Waals surface area contributed by atoms with Gasteiger partial charge in [-0.3, -0.25) is 19.4 Å². The molecule has 0 fully saturated rings. The number of anilines is 1. The molecule has 2 aliphatic rings. The van der Waals surface area contributed by atoms with E-state index in [0.717, 1.165) is 24.9 Å². The third kappa shape index (κ3) is 2.34. The second kappa shape index (κ2) is 5.87. The van der Waals surface area contributed by atoms with Gasteiger partial charge in [-0.05, 0) is 49.6 Å². The van der Waals surface area contributed by atoms with E-state index in [4.69, 9.17) is 0 Å². The Morgan fingerprint density at radius 3 is 2.71 bits per heavy atom. The predicted molar refractivity (Wildman–Crippen MR) is 93.0 cm³/mol. The highest BCUT2D eigenvalue weighted by Crippen LogP contribution is 2.35. The summed E-state index contributed by atoms with van der Waals surface area (Å²) in [5, 5.41) is 0. The molecule has 1 amide bonds. The molecule has 0 saturated heterocycles. The summed E-state index contributed by atoms with van der Waals surface area (Å²) in [6.45, 7) is 0.431. The van der Waals surface area contributed by atoms with E-state index in [1.54, 1.807) is 17.0 Å². The summed E-state index contributed by atoms with van der Waals surface area (Å²) in [5.74, 6) is -0.824. The largest absolute Gasteiger partial charge is 0.300 e. The molecule has 122 valence electrons. The first-order valence-corrected chi connectivity index (χ1v) is 8.40. The summed E-state index contributed by atoms with van der Waals surface area (Å²) in [7, 11) is 2.03. The third-order valence-electron chi connectivity index (χ3n) is 5.11. The van der Waals surface area contributed by atoms with Crippen molar-refractivity contribution in [2.45, 2.75) is 25.3 Å². The van der Waals surface area contributed by atoms with E-state index < -0.39 is 11.7 Å². The van der Waals surface area contributed by atoms with E-state index in [9.17, 15) is 9.59 Å². The summed E-state index contributed by atoms with van der Waals surface area (Å²) in [5.41, 5.74) is 3.98. The van der Waals surface area contributed by atoms with Gasteiger partial charge in [-0.1, -0.05) is 36.4 Å². The Bertz CT molecular complexity index is 815. The number of benzene rings is 2. The van der Waals surface area contributed by atoms with Gasteiger partial charge in [-0.25, -0.2) is 0 Å². The first kappa shape index (κ1) is 15.1. The summed E-state index contributed by atoms with van der Waals surface area (Å²) in [6.07, 6.45) is 3.34. The number of fused-ring (bicyclic) bond motifs is 2. The molecule has 0 N–H and O–H groups in total. The number of Topliss-reactive ketones (excluding diaryl/α,β-unsaturated/α-hetero) is 1. The molecule has 4 nitrogen and oxygen atoms in total. The van der Waals surface area contributed by atoms with Gasteiger partial charge in [0.2, 0.25) is 0 Å². The van der Waals surface area contributed by atoms with E-state index >= 15 is 0 Å². The minimum atomic E-state index is -0.424. The van der Waals surface area contributed by atoms with Gasteiger partial charge in [0.15, 0.2) is 0 Å². The van der Waals surface area contributed by atoms with Crippen LogP contribution in [0.25, 0.3) is 0 Å². The van der Waals surface area contributed by atoms with Gasteiger partial charge in [-0.2, -0.15) is 0 Å². The molecule has 1 heterocycles. The zero-order chi connectivity index (χ0) is 16.7. The Labute approximate surface area is 141 Å². The van der Waals surface area contributed by atoms with Crippen LogP contribution in [0.5, 0.6) is 0 Å². The van der Waals surface area contributed by atoms with Crippen LogP contribution in [-0.2, 0) is 11.2 Å². The monoisotopic (exact) mass is 320 g/mol. The predicted octanol–water partition coefficient (Wildman–Crippen LogP) is 3.18. The Balaban J connectivity index is 1.61. The highest BCUT2D eigenvalue weighted by atomic mass is 16.2. The zero-order valence-corrected chi connectivity index (χ0v) is 13.7. The second-order valence-electron chi connectivity index (χ2n) is 6.58. The van der Waals surface area contributed by atoms with Crippen molar-refractivity contribution in [2.24, 2.45) is 0 Å². The molecule has 0 spiro atoms. The fourth-order valence-corrected chi connectivity index (χ4v) is 3.90. The zero-order valence-electron chi connectivity index (χ0n) is 13.7. The van der Waals surface area contributed by atoms with Gasteiger partial charge in [0.05, 0.1) is 17.9 Å². The number of aryl methyl sites for hydroxylation is 1. The molecule has 4 rings (SSSR count). The maximum absolute atomic E-state index is 12.4. The third-order valence-corrected chi connectivity index (χ3v) is 5.11. The number of ketones is 1. The van der Waals surface area contributed by atoms with Crippen molar-refractivity contribution in [3.8, 4) is 0 Å². The van der Waals surface area contributed by atoms with Gasteiger partial charge >= 0.3 is 5.91 Å². The number of carbonyl (C=O) groups is 2. The van der Waals surface area contributed by atoms with E-state index in [0.29, 0.717) is 12.2 Å². The lowest BCUT2D eigenvalue weighted by Crippen LogP contribution is -2.41. The number of hydrogen-bond acceptors (Lipinski definition) is 3. The molecule has 0 saturated carbocycles. The summed E-state index contributed by atoms with van der Waals surface area (Å²) >= 11 is 0. The molecule has 2 aromatic rings. The Kier molecular flexibility index (Phi) is 3.69. The van der Waals surface area contributed by atoms with Crippen molar-refractivity contribution in [3.05, 3.63) is 65.2 Å². The van der Waals surface area contributed by atoms with Crippen molar-refractivity contribution < 1.29 is 9.59 Å². The fourth-order valence-electron chi connectivity index (χ4n) is 3.90. The molecule has 24 heavy (non-hydrogen) atoms. The quantitative estimate of drug-likeness (QED) is 0.816. The molecule has 0 unspecified atom stereocenters. The minimum Gasteiger partial charge on any atom is -0.291 e. The maximum Gasteiger partial charge on any atom is 0.300 e. The lowest BCUT2D eigenvalue weighted by molar-refractivity contribution is -0.114. The van der Waals surface area contributed by atoms with Crippen LogP contribution < -0.4 is 4.90 Å². The van der Waals surface area contributed by atoms with Crippen LogP contribution in [0, 0.1) is 0 Å². The molecule has 1 atom stereocenters. The summed E-state index contributed by atoms with van der Waals surface area (Å²) < 4.78 is 0. The molecule has 2 aromatic carbocycles. The number of nitrogens with zero attached hydrogens (tertiary/aromatic N) is 2. The highest BCUT2D eigenvalue weighted by molar-refractivity contribution is 6.52. The average Bonchev–Trinajstić information content (AvgIpc) is 2.86. The van der Waals surface area contributed by atoms with Crippen LogP contribution in [-0.4, -0.2) is 30.3 Å². The lowest BCUT2D eigenvalue weighted by atomic mass is 9.87. The van der Waals surface area contributed by atoms with Gasteiger partial charge in [0.25, 0.3) is 5.78 Å². The van der Waals surface area contributed by atoms with Crippen LogP contribution in [0.4, 0.5) is 5.69 Å². The van der Waals surface area contributed by atoms with E-state index in [1.807, 2.05) is 19.2 Å². The molecule has 1 aliphatic heterocycles. The van der Waals surface area contributed by atoms with E-state index in [2.05, 4.69) is 29.2 Å². The number of carbonyl (C=O) groups excluding carboxylic acids is 2. The van der Waals surface area contributed by atoms with Crippen molar-refractivity contribution >= 4 is 17.4 Å². The fraction of sp³-hybridized carbons (Fsp3) is 0.300. The normalized spacial score (nSPS) is 19.6. The van der Waals surface area contributed by atoms with Crippen LogP contribution in [0.2, 0.25) is 0 Å². The Hall–Kier alpha value is -2.46.